The fraction of sp³-hybridized carbons (Fsp3) is 0.412. The number of hydrogen-bond donors (Lipinski definition) is 2. The number of nitrogens with zero attached hydrogens (tertiary/aromatic N) is 2. The number of carboxylic acid groups (broad SMARTS) is 2. The van der Waals surface area contributed by atoms with E-state index in [0.717, 1.165) is 48.8 Å². The molecule has 0 amide bonds. The van der Waals surface area contributed by atoms with Crippen molar-refractivity contribution in [1.29, 1.82) is 0 Å². The minimum absolute atomic E-state index is 0.204. The Kier molecular flexibility index (Phi) is 4.09. The van der Waals surface area contributed by atoms with Crippen molar-refractivity contribution < 1.29 is 19.8 Å². The van der Waals surface area contributed by atoms with Crippen LogP contribution in [-0.2, 0) is 11.8 Å². The lowest BCUT2D eigenvalue weighted by Crippen LogP contribution is -2.37. The van der Waals surface area contributed by atoms with Gasteiger partial charge < -0.3 is 14.8 Å². The van der Waals surface area contributed by atoms with Crippen molar-refractivity contribution in [3.63, 3.8) is 0 Å². The van der Waals surface area contributed by atoms with Gasteiger partial charge in [0.15, 0.2) is 0 Å². The summed E-state index contributed by atoms with van der Waals surface area (Å²) in [6, 6.07) is 4.16. The summed E-state index contributed by atoms with van der Waals surface area (Å²) >= 11 is 0. The van der Waals surface area contributed by atoms with Crippen molar-refractivity contribution in [3.8, 4) is 0 Å². The lowest BCUT2D eigenvalue weighted by atomic mass is 10.0. The number of aromatic nitrogens is 1. The van der Waals surface area contributed by atoms with Gasteiger partial charge in [0.1, 0.15) is 6.04 Å². The Morgan fingerprint density at radius 3 is 2.43 bits per heavy atom. The molecule has 2 heterocycles. The number of carboxylic acids is 2. The highest BCUT2D eigenvalue weighted by Gasteiger charge is 2.31. The first-order valence-corrected chi connectivity index (χ1v) is 7.78. The molecule has 1 aromatic heterocycles. The highest BCUT2D eigenvalue weighted by atomic mass is 16.4. The van der Waals surface area contributed by atoms with Gasteiger partial charge in [0.05, 0.1) is 5.56 Å². The second-order valence-corrected chi connectivity index (χ2v) is 6.07. The third-order valence-electron chi connectivity index (χ3n) is 4.55. The zero-order chi connectivity index (χ0) is 16.6. The molecule has 0 unspecified atom stereocenters. The van der Waals surface area contributed by atoms with E-state index in [1.807, 2.05) is 18.1 Å². The maximum absolute atomic E-state index is 11.9. The average Bonchev–Trinajstić information content (AvgIpc) is 2.85. The number of fused-ring (bicyclic) bond motifs is 1. The highest BCUT2D eigenvalue weighted by Crippen LogP contribution is 2.32. The molecule has 2 aromatic rings. The zero-order valence-electron chi connectivity index (χ0n) is 13.0. The lowest BCUT2D eigenvalue weighted by molar-refractivity contribution is -0.144. The lowest BCUT2D eigenvalue weighted by Gasteiger charge is -2.31. The maximum Gasteiger partial charge on any atom is 0.335 e. The molecular weight excluding hydrogens is 296 g/mol. The van der Waals surface area contributed by atoms with Gasteiger partial charge in [-0.3, -0.25) is 9.69 Å². The Hall–Kier alpha value is -2.34. The minimum atomic E-state index is -0.986. The summed E-state index contributed by atoms with van der Waals surface area (Å²) in [4.78, 5) is 25.0. The van der Waals surface area contributed by atoms with Crippen LogP contribution in [0.1, 0.15) is 41.2 Å². The summed E-state index contributed by atoms with van der Waals surface area (Å²) in [6.07, 6.45) is 4.97. The van der Waals surface area contributed by atoms with Crippen LogP contribution in [0, 0.1) is 0 Å². The van der Waals surface area contributed by atoms with Gasteiger partial charge in [-0.1, -0.05) is 12.5 Å². The van der Waals surface area contributed by atoms with Crippen LogP contribution in [0.25, 0.3) is 10.9 Å². The first-order chi connectivity index (χ1) is 11.0. The summed E-state index contributed by atoms with van der Waals surface area (Å²) in [7, 11) is 1.81. The fourth-order valence-corrected chi connectivity index (χ4v) is 3.43. The fourth-order valence-electron chi connectivity index (χ4n) is 3.43. The van der Waals surface area contributed by atoms with Gasteiger partial charge in [0.25, 0.3) is 0 Å². The molecule has 23 heavy (non-hydrogen) atoms. The van der Waals surface area contributed by atoms with E-state index in [1.54, 1.807) is 16.7 Å². The molecule has 122 valence electrons. The first-order valence-electron chi connectivity index (χ1n) is 7.78. The van der Waals surface area contributed by atoms with Crippen LogP contribution in [0.4, 0.5) is 0 Å². The normalized spacial score (nSPS) is 17.3. The van der Waals surface area contributed by atoms with Crippen LogP contribution >= 0.6 is 0 Å². The van der Waals surface area contributed by atoms with E-state index in [-0.39, 0.29) is 5.56 Å². The van der Waals surface area contributed by atoms with Crippen LogP contribution in [0.15, 0.2) is 24.4 Å². The number of benzene rings is 1. The molecule has 1 aromatic carbocycles. The van der Waals surface area contributed by atoms with Gasteiger partial charge >= 0.3 is 11.9 Å². The van der Waals surface area contributed by atoms with Crippen molar-refractivity contribution >= 4 is 22.8 Å². The zero-order valence-corrected chi connectivity index (χ0v) is 13.0. The molecule has 6 heteroatoms. The van der Waals surface area contributed by atoms with E-state index in [0.29, 0.717) is 0 Å². The van der Waals surface area contributed by atoms with Gasteiger partial charge in [-0.15, -0.1) is 0 Å². The van der Waals surface area contributed by atoms with Gasteiger partial charge in [-0.05, 0) is 38.1 Å². The van der Waals surface area contributed by atoms with E-state index in [1.165, 1.54) is 6.07 Å². The van der Waals surface area contributed by atoms with Crippen molar-refractivity contribution in [2.75, 3.05) is 13.1 Å². The smallest absolute Gasteiger partial charge is 0.335 e. The standard InChI is InChI=1S/C17H20N2O4/c1-18-10-13(12-6-5-11(16(20)21)9-14(12)18)15(17(22)23)19-7-3-2-4-8-19/h5-6,9-10,15H,2-4,7-8H2,1H3,(H,20,21)(H,22,23)/t15-/m0/s1. The maximum atomic E-state index is 11.9. The monoisotopic (exact) mass is 316 g/mol. The van der Waals surface area contributed by atoms with Crippen LogP contribution in [0.2, 0.25) is 0 Å². The molecule has 0 saturated carbocycles. The summed E-state index contributed by atoms with van der Waals surface area (Å²) in [5, 5.41) is 19.7. The Morgan fingerprint density at radius 1 is 1.13 bits per heavy atom. The van der Waals surface area contributed by atoms with Gasteiger partial charge in [-0.25, -0.2) is 4.79 Å². The first kappa shape index (κ1) is 15.6. The Bertz CT molecular complexity index is 759. The topological polar surface area (TPSA) is 82.8 Å². The summed E-state index contributed by atoms with van der Waals surface area (Å²) < 4.78 is 1.80. The number of hydrogen-bond acceptors (Lipinski definition) is 3. The molecule has 1 aliphatic heterocycles. The highest BCUT2D eigenvalue weighted by molar-refractivity contribution is 5.96. The van der Waals surface area contributed by atoms with Crippen molar-refractivity contribution in [2.24, 2.45) is 7.05 Å². The quantitative estimate of drug-likeness (QED) is 0.905. The SMILES string of the molecule is Cn1cc([C@@H](C(=O)O)N2CCCCC2)c2ccc(C(=O)O)cc21. The molecule has 1 atom stereocenters. The number of carbonyl (C=O) groups is 2. The minimum Gasteiger partial charge on any atom is -0.480 e. The van der Waals surface area contributed by atoms with E-state index < -0.39 is 18.0 Å². The molecule has 0 bridgehead atoms. The molecule has 1 fully saturated rings. The van der Waals surface area contributed by atoms with Gasteiger partial charge in [-0.2, -0.15) is 0 Å². The van der Waals surface area contributed by atoms with Crippen molar-refractivity contribution in [2.45, 2.75) is 25.3 Å². The molecular formula is C17H20N2O4. The number of rotatable bonds is 4. The number of aliphatic carboxylic acids is 1. The molecule has 0 aliphatic carbocycles. The Morgan fingerprint density at radius 2 is 1.83 bits per heavy atom. The molecule has 2 N–H and O–H groups in total. The summed E-state index contributed by atoms with van der Waals surface area (Å²) in [6.45, 7) is 1.56. The molecule has 1 saturated heterocycles. The van der Waals surface area contributed by atoms with E-state index in [2.05, 4.69) is 0 Å². The number of likely N-dealkylation sites (tertiary alicyclic amines) is 1. The van der Waals surface area contributed by atoms with Crippen LogP contribution < -0.4 is 0 Å². The molecule has 0 radical (unpaired) electrons. The number of aromatic carboxylic acids is 1. The third kappa shape index (κ3) is 2.82. The molecule has 3 rings (SSSR count). The summed E-state index contributed by atoms with van der Waals surface area (Å²) in [5.41, 5.74) is 1.67. The summed E-state index contributed by atoms with van der Waals surface area (Å²) in [5.74, 6) is -1.85. The number of piperidine rings is 1. The molecule has 0 spiro atoms. The third-order valence-corrected chi connectivity index (χ3v) is 4.55. The van der Waals surface area contributed by atoms with Gasteiger partial charge in [0.2, 0.25) is 0 Å². The van der Waals surface area contributed by atoms with E-state index >= 15 is 0 Å². The second-order valence-electron chi connectivity index (χ2n) is 6.07. The largest absolute Gasteiger partial charge is 0.480 e. The predicted molar refractivity (Wildman–Crippen MR) is 85.7 cm³/mol. The average molecular weight is 316 g/mol. The Balaban J connectivity index is 2.09. The van der Waals surface area contributed by atoms with Gasteiger partial charge in [0, 0.05) is 29.7 Å². The van der Waals surface area contributed by atoms with Crippen LogP contribution in [-0.4, -0.2) is 44.7 Å². The predicted octanol–water partition coefficient (Wildman–Crippen LogP) is 2.49. The van der Waals surface area contributed by atoms with Crippen molar-refractivity contribution in [3.05, 3.63) is 35.5 Å². The van der Waals surface area contributed by atoms with Crippen molar-refractivity contribution in [1.82, 2.24) is 9.47 Å². The Labute approximate surface area is 133 Å². The number of aryl methyl sites for hydroxylation is 1. The van der Waals surface area contributed by atoms with E-state index in [4.69, 9.17) is 5.11 Å². The van der Waals surface area contributed by atoms with Crippen LogP contribution in [0.3, 0.4) is 0 Å². The van der Waals surface area contributed by atoms with Crippen LogP contribution in [0.5, 0.6) is 0 Å². The second kappa shape index (κ2) is 6.04. The molecule has 1 aliphatic rings. The van der Waals surface area contributed by atoms with E-state index in [9.17, 15) is 14.7 Å². The molecule has 6 nitrogen and oxygen atoms in total.